The summed E-state index contributed by atoms with van der Waals surface area (Å²) in [5.41, 5.74) is 7.57. The molecule has 0 spiro atoms. The van der Waals surface area contributed by atoms with Crippen molar-refractivity contribution in [2.75, 3.05) is 24.3 Å². The molecule has 2 aliphatic heterocycles. The molecule has 2 fully saturated rings. The standard InChI is InChI=1S/C14H19N3O3/c15-12-3-1-2-4-13(12)16-9-5-10-7-20-8-11(6-9)17(10)14(18)19/h1-4,9-11,16H,5-8,15H2,(H,18,19)/t9-,10-,11+. The van der Waals surface area contributed by atoms with Gasteiger partial charge < -0.3 is 20.9 Å². The molecule has 2 saturated heterocycles. The number of benzene rings is 1. The quantitative estimate of drug-likeness (QED) is 0.714. The summed E-state index contributed by atoms with van der Waals surface area (Å²) >= 11 is 0. The normalized spacial score (nSPS) is 29.0. The van der Waals surface area contributed by atoms with E-state index in [4.69, 9.17) is 10.5 Å². The van der Waals surface area contributed by atoms with E-state index in [-0.39, 0.29) is 18.1 Å². The van der Waals surface area contributed by atoms with Gasteiger partial charge in [-0.05, 0) is 25.0 Å². The summed E-state index contributed by atoms with van der Waals surface area (Å²) in [5, 5.41) is 12.7. The van der Waals surface area contributed by atoms with Crippen LogP contribution in [0, 0.1) is 0 Å². The van der Waals surface area contributed by atoms with E-state index in [1.165, 1.54) is 0 Å². The summed E-state index contributed by atoms with van der Waals surface area (Å²) < 4.78 is 5.48. The van der Waals surface area contributed by atoms with Crippen molar-refractivity contribution in [2.24, 2.45) is 0 Å². The van der Waals surface area contributed by atoms with Crippen molar-refractivity contribution in [2.45, 2.75) is 31.0 Å². The Hall–Kier alpha value is -1.95. The summed E-state index contributed by atoms with van der Waals surface area (Å²) in [7, 11) is 0. The molecular weight excluding hydrogens is 258 g/mol. The maximum absolute atomic E-state index is 11.3. The molecular formula is C14H19N3O3. The number of nitrogen functional groups attached to an aromatic ring is 1. The van der Waals surface area contributed by atoms with Gasteiger partial charge in [-0.2, -0.15) is 0 Å². The molecule has 1 aromatic rings. The molecule has 0 radical (unpaired) electrons. The number of nitrogens with one attached hydrogen (secondary N) is 1. The Balaban J connectivity index is 1.72. The fourth-order valence-electron chi connectivity index (χ4n) is 3.19. The summed E-state index contributed by atoms with van der Waals surface area (Å²) in [6.45, 7) is 0.955. The molecule has 6 heteroatoms. The van der Waals surface area contributed by atoms with Crippen LogP contribution >= 0.6 is 0 Å². The van der Waals surface area contributed by atoms with Gasteiger partial charge in [-0.25, -0.2) is 4.79 Å². The van der Waals surface area contributed by atoms with Gasteiger partial charge in [0, 0.05) is 6.04 Å². The van der Waals surface area contributed by atoms with Crippen molar-refractivity contribution in [3.63, 3.8) is 0 Å². The van der Waals surface area contributed by atoms with Crippen LogP contribution in [0.25, 0.3) is 0 Å². The second kappa shape index (κ2) is 5.20. The van der Waals surface area contributed by atoms with E-state index in [9.17, 15) is 9.90 Å². The molecule has 3 rings (SSSR count). The van der Waals surface area contributed by atoms with E-state index < -0.39 is 6.09 Å². The molecule has 6 nitrogen and oxygen atoms in total. The van der Waals surface area contributed by atoms with Gasteiger partial charge in [-0.3, -0.25) is 4.90 Å². The van der Waals surface area contributed by atoms with Crippen molar-refractivity contribution >= 4 is 17.5 Å². The number of amides is 1. The highest BCUT2D eigenvalue weighted by atomic mass is 16.5. The van der Waals surface area contributed by atoms with Crippen molar-refractivity contribution in [1.29, 1.82) is 0 Å². The van der Waals surface area contributed by atoms with Gasteiger partial charge in [0.15, 0.2) is 0 Å². The van der Waals surface area contributed by atoms with Crippen molar-refractivity contribution in [3.05, 3.63) is 24.3 Å². The first-order valence-corrected chi connectivity index (χ1v) is 6.85. The fourth-order valence-corrected chi connectivity index (χ4v) is 3.19. The number of carbonyl (C=O) groups is 1. The highest BCUT2D eigenvalue weighted by Gasteiger charge is 2.41. The fraction of sp³-hybridized carbons (Fsp3) is 0.500. The molecule has 2 aliphatic rings. The third-order valence-corrected chi connectivity index (χ3v) is 4.06. The zero-order valence-electron chi connectivity index (χ0n) is 11.2. The van der Waals surface area contributed by atoms with E-state index in [1.807, 2.05) is 24.3 Å². The van der Waals surface area contributed by atoms with Crippen molar-refractivity contribution < 1.29 is 14.6 Å². The molecule has 2 bridgehead atoms. The first kappa shape index (κ1) is 13.1. The van der Waals surface area contributed by atoms with Gasteiger partial charge in [-0.15, -0.1) is 0 Å². The first-order chi connectivity index (χ1) is 9.65. The van der Waals surface area contributed by atoms with Gasteiger partial charge in [0.2, 0.25) is 0 Å². The number of rotatable bonds is 2. The summed E-state index contributed by atoms with van der Waals surface area (Å²) in [5.74, 6) is 0. The molecule has 20 heavy (non-hydrogen) atoms. The zero-order chi connectivity index (χ0) is 14.1. The highest BCUT2D eigenvalue weighted by molar-refractivity contribution is 5.67. The minimum absolute atomic E-state index is 0.0672. The van der Waals surface area contributed by atoms with Crippen LogP contribution in [0.4, 0.5) is 16.2 Å². The number of hydrogen-bond acceptors (Lipinski definition) is 4. The average molecular weight is 277 g/mol. The number of para-hydroxylation sites is 2. The molecule has 3 atom stereocenters. The summed E-state index contributed by atoms with van der Waals surface area (Å²) in [4.78, 5) is 12.9. The minimum atomic E-state index is -0.846. The molecule has 0 saturated carbocycles. The van der Waals surface area contributed by atoms with Gasteiger partial charge >= 0.3 is 6.09 Å². The molecule has 4 N–H and O–H groups in total. The van der Waals surface area contributed by atoms with Crippen molar-refractivity contribution in [3.8, 4) is 0 Å². The van der Waals surface area contributed by atoms with Crippen molar-refractivity contribution in [1.82, 2.24) is 4.90 Å². The van der Waals surface area contributed by atoms with Crippen LogP contribution < -0.4 is 11.1 Å². The molecule has 1 amide bonds. The van der Waals surface area contributed by atoms with Crippen LogP contribution in [0.1, 0.15) is 12.8 Å². The molecule has 0 unspecified atom stereocenters. The number of nitrogens with zero attached hydrogens (tertiary/aromatic N) is 1. The zero-order valence-corrected chi connectivity index (χ0v) is 11.2. The molecule has 2 heterocycles. The number of hydrogen-bond donors (Lipinski definition) is 3. The number of anilines is 2. The second-order valence-corrected chi connectivity index (χ2v) is 5.43. The predicted octanol–water partition coefficient (Wildman–Crippen LogP) is 1.59. The lowest BCUT2D eigenvalue weighted by atomic mass is 9.90. The van der Waals surface area contributed by atoms with E-state index in [0.29, 0.717) is 13.2 Å². The monoisotopic (exact) mass is 277 g/mol. The Morgan fingerprint density at radius 3 is 2.55 bits per heavy atom. The van der Waals surface area contributed by atoms with E-state index in [0.717, 1.165) is 24.2 Å². The summed E-state index contributed by atoms with van der Waals surface area (Å²) in [6, 6.07) is 7.74. The Labute approximate surface area is 117 Å². The van der Waals surface area contributed by atoms with Crippen LogP contribution in [0.2, 0.25) is 0 Å². The number of nitrogens with two attached hydrogens (primary N) is 1. The lowest BCUT2D eigenvalue weighted by Gasteiger charge is -2.47. The van der Waals surface area contributed by atoms with Crippen LogP contribution in [-0.4, -0.2) is 47.4 Å². The van der Waals surface area contributed by atoms with Crippen LogP contribution in [0.5, 0.6) is 0 Å². The molecule has 0 aliphatic carbocycles. The third kappa shape index (κ3) is 2.38. The first-order valence-electron chi connectivity index (χ1n) is 6.85. The molecule has 0 aromatic heterocycles. The predicted molar refractivity (Wildman–Crippen MR) is 75.8 cm³/mol. The number of piperidine rings is 1. The Kier molecular flexibility index (Phi) is 3.40. The topological polar surface area (TPSA) is 87.8 Å². The lowest BCUT2D eigenvalue weighted by molar-refractivity contribution is -0.0620. The highest BCUT2D eigenvalue weighted by Crippen LogP contribution is 2.30. The van der Waals surface area contributed by atoms with Crippen LogP contribution in [0.15, 0.2) is 24.3 Å². The van der Waals surface area contributed by atoms with Gasteiger partial charge in [0.25, 0.3) is 0 Å². The van der Waals surface area contributed by atoms with E-state index in [1.54, 1.807) is 4.90 Å². The summed E-state index contributed by atoms with van der Waals surface area (Å²) in [6.07, 6.45) is 0.648. The Bertz CT molecular complexity index is 494. The van der Waals surface area contributed by atoms with E-state index >= 15 is 0 Å². The minimum Gasteiger partial charge on any atom is -0.465 e. The number of carboxylic acid groups (broad SMARTS) is 1. The maximum Gasteiger partial charge on any atom is 0.407 e. The van der Waals surface area contributed by atoms with Gasteiger partial charge in [-0.1, -0.05) is 12.1 Å². The Morgan fingerprint density at radius 1 is 1.30 bits per heavy atom. The molecule has 1 aromatic carbocycles. The SMILES string of the molecule is Nc1ccccc1N[C@H]1C[C@H]2COC[C@@H](C1)N2C(=O)O. The van der Waals surface area contributed by atoms with Crippen LogP contribution in [0.3, 0.4) is 0 Å². The third-order valence-electron chi connectivity index (χ3n) is 4.06. The second-order valence-electron chi connectivity index (χ2n) is 5.43. The lowest BCUT2D eigenvalue weighted by Crippen LogP contribution is -2.60. The average Bonchev–Trinajstić information content (AvgIpc) is 2.40. The number of morpholine rings is 1. The molecule has 108 valence electrons. The van der Waals surface area contributed by atoms with E-state index in [2.05, 4.69) is 5.32 Å². The number of ether oxygens (including phenoxy) is 1. The van der Waals surface area contributed by atoms with Crippen LogP contribution in [-0.2, 0) is 4.74 Å². The van der Waals surface area contributed by atoms with Gasteiger partial charge in [0.1, 0.15) is 0 Å². The number of fused-ring (bicyclic) bond motifs is 2. The smallest absolute Gasteiger partial charge is 0.407 e. The van der Waals surface area contributed by atoms with Gasteiger partial charge in [0.05, 0.1) is 36.7 Å². The Morgan fingerprint density at radius 2 is 1.95 bits per heavy atom. The maximum atomic E-state index is 11.3. The largest absolute Gasteiger partial charge is 0.465 e.